The zero-order valence-corrected chi connectivity index (χ0v) is 14.9. The van der Waals surface area contributed by atoms with Crippen LogP contribution < -0.4 is 15.1 Å². The lowest BCUT2D eigenvalue weighted by Crippen LogP contribution is -2.32. The Kier molecular flexibility index (Phi) is 4.32. The summed E-state index contributed by atoms with van der Waals surface area (Å²) < 4.78 is 22.1. The Bertz CT molecular complexity index is 1070. The van der Waals surface area contributed by atoms with Gasteiger partial charge in [0.15, 0.2) is 0 Å². The summed E-state index contributed by atoms with van der Waals surface area (Å²) in [6, 6.07) is 14.3. The van der Waals surface area contributed by atoms with Gasteiger partial charge in [-0.05, 0) is 25.1 Å². The quantitative estimate of drug-likeness (QED) is 0.521. The molecule has 1 aromatic heterocycles. The minimum absolute atomic E-state index is 0.211. The summed E-state index contributed by atoms with van der Waals surface area (Å²) in [5.74, 6) is -0.305. The van der Waals surface area contributed by atoms with Crippen molar-refractivity contribution in [1.29, 1.82) is 0 Å². The van der Waals surface area contributed by atoms with E-state index in [0.29, 0.717) is 33.6 Å². The highest BCUT2D eigenvalue weighted by atomic mass is 16.6. The molecule has 0 unspecified atom stereocenters. The first-order chi connectivity index (χ1) is 13.2. The smallest absolute Gasteiger partial charge is 0.348 e. The number of para-hydroxylation sites is 2. The van der Waals surface area contributed by atoms with Crippen LogP contribution in [0.15, 0.2) is 57.7 Å². The molecular formula is C21H18O6. The van der Waals surface area contributed by atoms with Crippen LogP contribution in [0, 0.1) is 0 Å². The first-order valence-electron chi connectivity index (χ1n) is 8.67. The molecule has 0 aliphatic carbocycles. The van der Waals surface area contributed by atoms with Crippen LogP contribution in [0.25, 0.3) is 11.0 Å². The van der Waals surface area contributed by atoms with Crippen molar-refractivity contribution >= 4 is 16.9 Å². The second-order valence-corrected chi connectivity index (χ2v) is 6.14. The minimum Gasteiger partial charge on any atom is -0.496 e. The normalized spacial score (nSPS) is 18.0. The number of benzene rings is 2. The molecule has 0 saturated heterocycles. The number of ether oxygens (including phenoxy) is 3. The Morgan fingerprint density at radius 1 is 1.11 bits per heavy atom. The van der Waals surface area contributed by atoms with Gasteiger partial charge < -0.3 is 18.6 Å². The van der Waals surface area contributed by atoms with Crippen LogP contribution in [0.5, 0.6) is 11.5 Å². The predicted molar refractivity (Wildman–Crippen MR) is 98.4 cm³/mol. The van der Waals surface area contributed by atoms with Gasteiger partial charge in [0.1, 0.15) is 17.1 Å². The van der Waals surface area contributed by atoms with Gasteiger partial charge in [0, 0.05) is 5.56 Å². The lowest BCUT2D eigenvalue weighted by atomic mass is 9.88. The summed E-state index contributed by atoms with van der Waals surface area (Å²) in [5.41, 5.74) is 0.839. The molecule has 0 N–H and O–H groups in total. The van der Waals surface area contributed by atoms with Crippen molar-refractivity contribution < 1.29 is 23.4 Å². The van der Waals surface area contributed by atoms with Crippen LogP contribution in [-0.2, 0) is 9.53 Å². The monoisotopic (exact) mass is 366 g/mol. The molecule has 0 amide bonds. The number of esters is 1. The maximum absolute atomic E-state index is 12.8. The number of methoxy groups -OCH3 is 1. The third-order valence-electron chi connectivity index (χ3n) is 4.65. The molecule has 2 atom stereocenters. The highest BCUT2D eigenvalue weighted by molar-refractivity contribution is 5.88. The molecule has 1 aliphatic heterocycles. The molecule has 2 heterocycles. The average Bonchev–Trinajstić information content (AvgIpc) is 3.09. The van der Waals surface area contributed by atoms with E-state index in [0.717, 1.165) is 0 Å². The standard InChI is InChI=1S/C21H18O6/c1-3-25-21(23)19-16(12-8-4-6-10-14(12)24-2)17-18(27-19)13-9-5-7-11-15(13)26-20(17)22/h4-11,16,19H,3H2,1-2H3/t16-,19-/m1/s1. The molecule has 0 saturated carbocycles. The number of carbonyl (C=O) groups is 1. The van der Waals surface area contributed by atoms with E-state index in [4.69, 9.17) is 18.6 Å². The molecule has 27 heavy (non-hydrogen) atoms. The number of carbonyl (C=O) groups excluding carboxylic acids is 1. The number of hydrogen-bond donors (Lipinski definition) is 0. The van der Waals surface area contributed by atoms with Gasteiger partial charge in [-0.3, -0.25) is 0 Å². The molecule has 4 rings (SSSR count). The van der Waals surface area contributed by atoms with E-state index >= 15 is 0 Å². The molecule has 2 aromatic carbocycles. The molecule has 6 heteroatoms. The van der Waals surface area contributed by atoms with E-state index in [1.165, 1.54) is 7.11 Å². The van der Waals surface area contributed by atoms with E-state index in [-0.39, 0.29) is 6.61 Å². The maximum atomic E-state index is 12.8. The fourth-order valence-corrected chi connectivity index (χ4v) is 3.53. The van der Waals surface area contributed by atoms with Crippen LogP contribution in [-0.4, -0.2) is 25.8 Å². The molecular weight excluding hydrogens is 348 g/mol. The van der Waals surface area contributed by atoms with E-state index in [2.05, 4.69) is 0 Å². The SMILES string of the molecule is CCOC(=O)[C@@H]1Oc2c(c(=O)oc3ccccc23)[C@H]1c1ccccc1OC. The number of hydrogen-bond acceptors (Lipinski definition) is 6. The largest absolute Gasteiger partial charge is 0.496 e. The fraction of sp³-hybridized carbons (Fsp3) is 0.238. The van der Waals surface area contributed by atoms with Gasteiger partial charge in [0.25, 0.3) is 0 Å². The van der Waals surface area contributed by atoms with Crippen molar-refractivity contribution in [2.45, 2.75) is 18.9 Å². The Morgan fingerprint density at radius 3 is 2.63 bits per heavy atom. The van der Waals surface area contributed by atoms with Crippen LogP contribution in [0.2, 0.25) is 0 Å². The van der Waals surface area contributed by atoms with Crippen molar-refractivity contribution in [3.8, 4) is 11.5 Å². The third kappa shape index (κ3) is 2.73. The number of fused-ring (bicyclic) bond motifs is 3. The second kappa shape index (κ2) is 6.79. The van der Waals surface area contributed by atoms with Crippen LogP contribution >= 0.6 is 0 Å². The van der Waals surface area contributed by atoms with Crippen LogP contribution in [0.4, 0.5) is 0 Å². The third-order valence-corrected chi connectivity index (χ3v) is 4.65. The molecule has 0 fully saturated rings. The van der Waals surface area contributed by atoms with Crippen molar-refractivity contribution in [3.05, 3.63) is 70.1 Å². The van der Waals surface area contributed by atoms with Crippen molar-refractivity contribution in [1.82, 2.24) is 0 Å². The summed E-state index contributed by atoms with van der Waals surface area (Å²) >= 11 is 0. The van der Waals surface area contributed by atoms with Gasteiger partial charge in [0.05, 0.1) is 30.6 Å². The van der Waals surface area contributed by atoms with Gasteiger partial charge in [-0.2, -0.15) is 0 Å². The lowest BCUT2D eigenvalue weighted by molar-refractivity contribution is -0.151. The Hall–Kier alpha value is -3.28. The maximum Gasteiger partial charge on any atom is 0.348 e. The molecule has 0 spiro atoms. The molecule has 3 aromatic rings. The second-order valence-electron chi connectivity index (χ2n) is 6.14. The molecule has 1 aliphatic rings. The Morgan fingerprint density at radius 2 is 1.85 bits per heavy atom. The summed E-state index contributed by atoms with van der Waals surface area (Å²) in [6.07, 6.45) is -0.995. The molecule has 6 nitrogen and oxygen atoms in total. The van der Waals surface area contributed by atoms with E-state index in [9.17, 15) is 9.59 Å². The minimum atomic E-state index is -0.995. The first kappa shape index (κ1) is 17.1. The van der Waals surface area contributed by atoms with Gasteiger partial charge in [-0.1, -0.05) is 30.3 Å². The van der Waals surface area contributed by atoms with Gasteiger partial charge in [-0.25, -0.2) is 9.59 Å². The Balaban J connectivity index is 1.98. The van der Waals surface area contributed by atoms with E-state index in [1.54, 1.807) is 31.2 Å². The van der Waals surface area contributed by atoms with E-state index < -0.39 is 23.6 Å². The Labute approximate surface area is 155 Å². The summed E-state index contributed by atoms with van der Waals surface area (Å²) in [5, 5.41) is 0.638. The van der Waals surface area contributed by atoms with Gasteiger partial charge >= 0.3 is 11.6 Å². The van der Waals surface area contributed by atoms with Gasteiger partial charge in [0.2, 0.25) is 6.10 Å². The molecule has 0 radical (unpaired) electrons. The fourth-order valence-electron chi connectivity index (χ4n) is 3.53. The zero-order valence-electron chi connectivity index (χ0n) is 14.9. The van der Waals surface area contributed by atoms with Crippen molar-refractivity contribution in [3.63, 3.8) is 0 Å². The lowest BCUT2D eigenvalue weighted by Gasteiger charge is -2.19. The van der Waals surface area contributed by atoms with Crippen molar-refractivity contribution in [2.24, 2.45) is 0 Å². The summed E-state index contributed by atoms with van der Waals surface area (Å²) in [7, 11) is 1.54. The highest BCUT2D eigenvalue weighted by Crippen LogP contribution is 2.46. The molecule has 0 bridgehead atoms. The van der Waals surface area contributed by atoms with Crippen LogP contribution in [0.1, 0.15) is 24.0 Å². The highest BCUT2D eigenvalue weighted by Gasteiger charge is 2.46. The zero-order chi connectivity index (χ0) is 19.0. The average molecular weight is 366 g/mol. The summed E-state index contributed by atoms with van der Waals surface area (Å²) in [4.78, 5) is 25.4. The topological polar surface area (TPSA) is 75.0 Å². The summed E-state index contributed by atoms with van der Waals surface area (Å²) in [6.45, 7) is 1.94. The van der Waals surface area contributed by atoms with E-state index in [1.807, 2.05) is 24.3 Å². The predicted octanol–water partition coefficient (Wildman–Crippen LogP) is 3.26. The van der Waals surface area contributed by atoms with Crippen LogP contribution in [0.3, 0.4) is 0 Å². The first-order valence-corrected chi connectivity index (χ1v) is 8.67. The van der Waals surface area contributed by atoms with Crippen molar-refractivity contribution in [2.75, 3.05) is 13.7 Å². The number of rotatable bonds is 4. The van der Waals surface area contributed by atoms with Gasteiger partial charge in [-0.15, -0.1) is 0 Å². The molecule has 138 valence electrons.